The molecule has 4 nitrogen and oxygen atoms in total. The third-order valence-corrected chi connectivity index (χ3v) is 6.45. The molecule has 1 aliphatic carbocycles. The summed E-state index contributed by atoms with van der Waals surface area (Å²) in [5, 5.41) is 0. The van der Waals surface area contributed by atoms with Gasteiger partial charge in [-0.2, -0.15) is 0 Å². The second kappa shape index (κ2) is 8.70. The number of rotatable bonds is 7. The molecule has 3 aliphatic rings. The summed E-state index contributed by atoms with van der Waals surface area (Å²) in [5.74, 6) is 1.91. The lowest BCUT2D eigenvalue weighted by atomic mass is 9.94. The third-order valence-electron chi connectivity index (χ3n) is 6.45. The lowest BCUT2D eigenvalue weighted by Gasteiger charge is -2.38. The van der Waals surface area contributed by atoms with E-state index in [0.717, 1.165) is 37.4 Å². The highest BCUT2D eigenvalue weighted by molar-refractivity contribution is 4.98. The first-order valence-electron chi connectivity index (χ1n) is 10.5. The molecule has 1 aromatic heterocycles. The Morgan fingerprint density at radius 1 is 1.00 bits per heavy atom. The smallest absolute Gasteiger partial charge is 0.117 e. The second-order valence-electron chi connectivity index (χ2n) is 8.33. The van der Waals surface area contributed by atoms with Crippen molar-refractivity contribution in [2.45, 2.75) is 70.1 Å². The molecule has 2 saturated heterocycles. The first kappa shape index (κ1) is 17.6. The monoisotopic (exact) mass is 346 g/mol. The molecule has 0 aromatic carbocycles. The average molecular weight is 347 g/mol. The molecule has 0 radical (unpaired) electrons. The topological polar surface area (TPSA) is 28.9 Å². The van der Waals surface area contributed by atoms with Crippen LogP contribution in [-0.2, 0) is 11.3 Å². The Kier molecular flexibility index (Phi) is 6.11. The first-order chi connectivity index (χ1) is 12.4. The van der Waals surface area contributed by atoms with Crippen LogP contribution >= 0.6 is 0 Å². The van der Waals surface area contributed by atoms with Gasteiger partial charge in [-0.3, -0.25) is 4.90 Å². The maximum Gasteiger partial charge on any atom is 0.117 e. The van der Waals surface area contributed by atoms with Crippen LogP contribution in [0.2, 0.25) is 0 Å². The number of nitrogens with zero attached hydrogens (tertiary/aromatic N) is 2. The van der Waals surface area contributed by atoms with Crippen LogP contribution in [0.4, 0.5) is 0 Å². The van der Waals surface area contributed by atoms with Crippen LogP contribution in [0.1, 0.15) is 57.1 Å². The zero-order valence-corrected chi connectivity index (χ0v) is 15.6. The number of ether oxygens (including phenoxy) is 1. The van der Waals surface area contributed by atoms with E-state index in [2.05, 4.69) is 15.9 Å². The van der Waals surface area contributed by atoms with E-state index >= 15 is 0 Å². The van der Waals surface area contributed by atoms with E-state index in [1.54, 1.807) is 6.26 Å². The van der Waals surface area contributed by atoms with E-state index in [0.29, 0.717) is 6.10 Å². The maximum absolute atomic E-state index is 5.90. The van der Waals surface area contributed by atoms with Crippen LogP contribution < -0.4 is 0 Å². The van der Waals surface area contributed by atoms with E-state index in [1.165, 1.54) is 71.0 Å². The van der Waals surface area contributed by atoms with Crippen molar-refractivity contribution in [1.82, 2.24) is 9.80 Å². The molecule has 4 heteroatoms. The molecule has 0 bridgehead atoms. The predicted octanol–water partition coefficient (Wildman–Crippen LogP) is 3.92. The van der Waals surface area contributed by atoms with Crippen LogP contribution in [0.3, 0.4) is 0 Å². The normalized spacial score (nSPS) is 26.8. The summed E-state index contributed by atoms with van der Waals surface area (Å²) in [6.45, 7) is 6.74. The van der Waals surface area contributed by atoms with Crippen LogP contribution in [0.25, 0.3) is 0 Å². The number of piperidine rings is 1. The van der Waals surface area contributed by atoms with Gasteiger partial charge in [0, 0.05) is 25.7 Å². The van der Waals surface area contributed by atoms with Crippen molar-refractivity contribution in [2.75, 3.05) is 32.8 Å². The molecule has 0 amide bonds. The summed E-state index contributed by atoms with van der Waals surface area (Å²) in [4.78, 5) is 5.37. The van der Waals surface area contributed by atoms with Crippen molar-refractivity contribution < 1.29 is 9.15 Å². The molecule has 140 valence electrons. The molecular weight excluding hydrogens is 312 g/mol. The fourth-order valence-corrected chi connectivity index (χ4v) is 5.04. The van der Waals surface area contributed by atoms with Crippen molar-refractivity contribution in [2.24, 2.45) is 5.92 Å². The first-order valence-corrected chi connectivity index (χ1v) is 10.5. The zero-order valence-electron chi connectivity index (χ0n) is 15.6. The highest BCUT2D eigenvalue weighted by Crippen LogP contribution is 2.28. The van der Waals surface area contributed by atoms with Gasteiger partial charge in [0.25, 0.3) is 0 Å². The van der Waals surface area contributed by atoms with E-state index < -0.39 is 0 Å². The van der Waals surface area contributed by atoms with Gasteiger partial charge >= 0.3 is 0 Å². The minimum absolute atomic E-state index is 0.425. The maximum atomic E-state index is 5.90. The number of furan rings is 1. The third kappa shape index (κ3) is 4.87. The fraction of sp³-hybridized carbons (Fsp3) is 0.810. The van der Waals surface area contributed by atoms with Gasteiger partial charge in [-0.05, 0) is 69.7 Å². The second-order valence-corrected chi connectivity index (χ2v) is 8.33. The van der Waals surface area contributed by atoms with E-state index in [-0.39, 0.29) is 0 Å². The van der Waals surface area contributed by atoms with Crippen molar-refractivity contribution in [3.05, 3.63) is 24.2 Å². The van der Waals surface area contributed by atoms with E-state index in [4.69, 9.17) is 9.15 Å². The predicted molar refractivity (Wildman–Crippen MR) is 99.5 cm³/mol. The molecule has 1 saturated carbocycles. The molecule has 3 heterocycles. The molecule has 25 heavy (non-hydrogen) atoms. The summed E-state index contributed by atoms with van der Waals surface area (Å²) in [6.07, 6.45) is 13.1. The Morgan fingerprint density at radius 3 is 2.52 bits per heavy atom. The van der Waals surface area contributed by atoms with Crippen LogP contribution in [0.5, 0.6) is 0 Å². The Morgan fingerprint density at radius 2 is 1.84 bits per heavy atom. The molecule has 2 aliphatic heterocycles. The van der Waals surface area contributed by atoms with Crippen molar-refractivity contribution in [3.8, 4) is 0 Å². The summed E-state index contributed by atoms with van der Waals surface area (Å²) >= 11 is 0. The van der Waals surface area contributed by atoms with Crippen LogP contribution in [-0.4, -0.2) is 54.7 Å². The van der Waals surface area contributed by atoms with Gasteiger partial charge in [0.15, 0.2) is 0 Å². The summed E-state index contributed by atoms with van der Waals surface area (Å²) in [7, 11) is 0. The average Bonchev–Trinajstić information content (AvgIpc) is 3.39. The highest BCUT2D eigenvalue weighted by Gasteiger charge is 2.29. The van der Waals surface area contributed by atoms with Gasteiger partial charge < -0.3 is 14.1 Å². The van der Waals surface area contributed by atoms with Gasteiger partial charge in [0.05, 0.1) is 18.9 Å². The summed E-state index contributed by atoms with van der Waals surface area (Å²) in [6, 6.07) is 5.00. The molecule has 0 N–H and O–H groups in total. The van der Waals surface area contributed by atoms with Crippen LogP contribution in [0, 0.1) is 5.92 Å². The Balaban J connectivity index is 1.28. The molecular formula is C21H34N2O2. The Labute approximate surface area is 152 Å². The summed E-state index contributed by atoms with van der Waals surface area (Å²) in [5.41, 5.74) is 0. The van der Waals surface area contributed by atoms with Crippen molar-refractivity contribution in [1.29, 1.82) is 0 Å². The van der Waals surface area contributed by atoms with Gasteiger partial charge in [-0.25, -0.2) is 0 Å². The Bertz CT molecular complexity index is 484. The minimum Gasteiger partial charge on any atom is -0.468 e. The zero-order chi connectivity index (χ0) is 16.9. The fourth-order valence-electron chi connectivity index (χ4n) is 5.04. The number of hydrogen-bond donors (Lipinski definition) is 0. The van der Waals surface area contributed by atoms with Gasteiger partial charge in [0.2, 0.25) is 0 Å². The van der Waals surface area contributed by atoms with E-state index in [1.807, 2.05) is 6.07 Å². The lowest BCUT2D eigenvalue weighted by Crippen LogP contribution is -2.43. The quantitative estimate of drug-likeness (QED) is 0.748. The highest BCUT2D eigenvalue weighted by atomic mass is 16.5. The Hall–Kier alpha value is -0.840. The van der Waals surface area contributed by atoms with E-state index in [9.17, 15) is 0 Å². The largest absolute Gasteiger partial charge is 0.468 e. The summed E-state index contributed by atoms with van der Waals surface area (Å²) < 4.78 is 11.5. The number of hydrogen-bond acceptors (Lipinski definition) is 4. The van der Waals surface area contributed by atoms with Crippen molar-refractivity contribution >= 4 is 0 Å². The van der Waals surface area contributed by atoms with Gasteiger partial charge in [-0.1, -0.05) is 12.8 Å². The van der Waals surface area contributed by atoms with Crippen LogP contribution in [0.15, 0.2) is 22.8 Å². The standard InChI is InChI=1S/C21H34N2O2/c1-2-6-19(5-1)23-11-9-18(10-12-23)15-22(16-20-7-3-13-24-20)17-21-8-4-14-25-21/h3,7,13,18-19,21H,1-2,4-6,8-12,14-17H2. The minimum atomic E-state index is 0.425. The molecule has 0 spiro atoms. The lowest BCUT2D eigenvalue weighted by molar-refractivity contribution is 0.0515. The van der Waals surface area contributed by atoms with Gasteiger partial charge in [-0.15, -0.1) is 0 Å². The molecule has 1 aromatic rings. The van der Waals surface area contributed by atoms with Gasteiger partial charge in [0.1, 0.15) is 5.76 Å². The molecule has 1 unspecified atom stereocenters. The molecule has 1 atom stereocenters. The SMILES string of the molecule is c1coc(CN(CC2CCN(C3CCCC3)CC2)CC2CCCO2)c1. The number of likely N-dealkylation sites (tertiary alicyclic amines) is 1. The molecule has 4 rings (SSSR count). The molecule has 3 fully saturated rings. The van der Waals surface area contributed by atoms with Crippen molar-refractivity contribution in [3.63, 3.8) is 0 Å².